The summed E-state index contributed by atoms with van der Waals surface area (Å²) in [5, 5.41) is 13.5. The third-order valence-corrected chi connectivity index (χ3v) is 7.16. The van der Waals surface area contributed by atoms with Crippen LogP contribution in [0.1, 0.15) is 0 Å². The standard InChI is InChI=1S/C16H12Br2N6O2S3/c17-9-1-3-11(19-5-9)21-13(25)7-27-15-23-24-16(29-15)28-8-14(26)22-12-4-2-10(18)6-20-12/h1-6H,7-8H2,(H,19,21,25)(H,20,22,26). The lowest BCUT2D eigenvalue weighted by molar-refractivity contribution is -0.114. The summed E-state index contributed by atoms with van der Waals surface area (Å²) in [5.74, 6) is 0.975. The molecule has 0 bridgehead atoms. The minimum Gasteiger partial charge on any atom is -0.310 e. The highest BCUT2D eigenvalue weighted by molar-refractivity contribution is 9.10. The maximum Gasteiger partial charge on any atom is 0.235 e. The summed E-state index contributed by atoms with van der Waals surface area (Å²) < 4.78 is 2.99. The van der Waals surface area contributed by atoms with Crippen LogP contribution in [-0.2, 0) is 9.59 Å². The van der Waals surface area contributed by atoms with Gasteiger partial charge in [-0.3, -0.25) is 9.59 Å². The molecule has 2 amide bonds. The fourth-order valence-electron chi connectivity index (χ4n) is 1.83. The Kier molecular flexibility index (Phi) is 8.41. The summed E-state index contributed by atoms with van der Waals surface area (Å²) in [5.41, 5.74) is 0. The molecule has 3 aromatic rings. The van der Waals surface area contributed by atoms with Crippen molar-refractivity contribution in [3.63, 3.8) is 0 Å². The van der Waals surface area contributed by atoms with Gasteiger partial charge in [0, 0.05) is 21.3 Å². The number of carbonyl (C=O) groups is 2. The number of aromatic nitrogens is 4. The van der Waals surface area contributed by atoms with E-state index in [-0.39, 0.29) is 23.3 Å². The molecule has 0 aliphatic carbocycles. The van der Waals surface area contributed by atoms with Gasteiger partial charge in [-0.25, -0.2) is 9.97 Å². The molecule has 8 nitrogen and oxygen atoms in total. The van der Waals surface area contributed by atoms with Crippen LogP contribution >= 0.6 is 66.7 Å². The van der Waals surface area contributed by atoms with Gasteiger partial charge in [0.05, 0.1) is 11.5 Å². The Bertz CT molecular complexity index is 907. The molecule has 150 valence electrons. The van der Waals surface area contributed by atoms with E-state index in [1.807, 2.05) is 0 Å². The van der Waals surface area contributed by atoms with Gasteiger partial charge < -0.3 is 10.6 Å². The van der Waals surface area contributed by atoms with E-state index in [9.17, 15) is 9.59 Å². The molecule has 29 heavy (non-hydrogen) atoms. The number of rotatable bonds is 8. The van der Waals surface area contributed by atoms with Gasteiger partial charge in [0.15, 0.2) is 8.68 Å². The van der Waals surface area contributed by atoms with Crippen LogP contribution in [0.25, 0.3) is 0 Å². The van der Waals surface area contributed by atoms with Crippen molar-refractivity contribution in [2.75, 3.05) is 22.1 Å². The van der Waals surface area contributed by atoms with Crippen molar-refractivity contribution in [1.29, 1.82) is 0 Å². The van der Waals surface area contributed by atoms with Gasteiger partial charge in [-0.1, -0.05) is 34.9 Å². The quantitative estimate of drug-likeness (QED) is 0.382. The molecule has 3 aromatic heterocycles. The first-order chi connectivity index (χ1) is 14.0. The Morgan fingerprint density at radius 3 is 1.66 bits per heavy atom. The normalized spacial score (nSPS) is 10.6. The van der Waals surface area contributed by atoms with E-state index >= 15 is 0 Å². The number of amides is 2. The number of thioether (sulfide) groups is 2. The monoisotopic (exact) mass is 574 g/mol. The van der Waals surface area contributed by atoms with Gasteiger partial charge >= 0.3 is 0 Å². The van der Waals surface area contributed by atoms with E-state index < -0.39 is 0 Å². The van der Waals surface area contributed by atoms with E-state index in [0.717, 1.165) is 8.95 Å². The molecular formula is C16H12Br2N6O2S3. The topological polar surface area (TPSA) is 110 Å². The number of hydrogen-bond acceptors (Lipinski definition) is 9. The third-order valence-electron chi connectivity index (χ3n) is 3.03. The maximum absolute atomic E-state index is 12.0. The summed E-state index contributed by atoms with van der Waals surface area (Å²) in [6.07, 6.45) is 3.22. The van der Waals surface area contributed by atoms with E-state index in [0.29, 0.717) is 20.3 Å². The molecule has 0 saturated heterocycles. The predicted octanol–water partition coefficient (Wildman–Crippen LogP) is 4.31. The number of nitrogens with zero attached hydrogens (tertiary/aromatic N) is 4. The number of carbonyl (C=O) groups excluding carboxylic acids is 2. The molecule has 3 heterocycles. The smallest absolute Gasteiger partial charge is 0.235 e. The molecule has 0 aromatic carbocycles. The van der Waals surface area contributed by atoms with Gasteiger partial charge in [0.2, 0.25) is 11.8 Å². The van der Waals surface area contributed by atoms with Crippen LogP contribution in [0.5, 0.6) is 0 Å². The highest BCUT2D eigenvalue weighted by Gasteiger charge is 2.11. The number of hydrogen-bond donors (Lipinski definition) is 2. The summed E-state index contributed by atoms with van der Waals surface area (Å²) in [7, 11) is 0. The Labute approximate surface area is 195 Å². The molecule has 0 aliphatic heterocycles. The van der Waals surface area contributed by atoms with Crippen LogP contribution in [-0.4, -0.2) is 43.5 Å². The molecule has 0 unspecified atom stereocenters. The molecule has 13 heteroatoms. The molecule has 0 fully saturated rings. The minimum absolute atomic E-state index is 0.185. The van der Waals surface area contributed by atoms with E-state index in [2.05, 4.69) is 62.7 Å². The average molecular weight is 576 g/mol. The van der Waals surface area contributed by atoms with Crippen LogP contribution in [0.2, 0.25) is 0 Å². The van der Waals surface area contributed by atoms with Crippen LogP contribution in [0, 0.1) is 0 Å². The number of halogens is 2. The van der Waals surface area contributed by atoms with Crippen molar-refractivity contribution in [2.45, 2.75) is 8.68 Å². The highest BCUT2D eigenvalue weighted by atomic mass is 79.9. The first-order valence-electron chi connectivity index (χ1n) is 7.90. The minimum atomic E-state index is -0.185. The van der Waals surface area contributed by atoms with Crippen molar-refractivity contribution in [3.05, 3.63) is 45.6 Å². The summed E-state index contributed by atoms with van der Waals surface area (Å²) >= 11 is 10.5. The second-order valence-electron chi connectivity index (χ2n) is 5.23. The fraction of sp³-hybridized carbons (Fsp3) is 0.125. The molecule has 0 aliphatic rings. The molecule has 0 atom stereocenters. The number of nitrogens with one attached hydrogen (secondary N) is 2. The zero-order valence-corrected chi connectivity index (χ0v) is 20.1. The lowest BCUT2D eigenvalue weighted by Gasteiger charge is -2.03. The van der Waals surface area contributed by atoms with Crippen LogP contribution in [0.3, 0.4) is 0 Å². The molecular weight excluding hydrogens is 564 g/mol. The molecule has 3 rings (SSSR count). The second-order valence-corrected chi connectivity index (χ2v) is 10.5. The van der Waals surface area contributed by atoms with Crippen molar-refractivity contribution < 1.29 is 9.59 Å². The van der Waals surface area contributed by atoms with Crippen LogP contribution < -0.4 is 10.6 Å². The molecule has 0 saturated carbocycles. The van der Waals surface area contributed by atoms with Gasteiger partial charge in [0.1, 0.15) is 11.6 Å². The Morgan fingerprint density at radius 2 is 1.28 bits per heavy atom. The molecule has 0 radical (unpaired) electrons. The van der Waals surface area contributed by atoms with E-state index in [4.69, 9.17) is 0 Å². The van der Waals surface area contributed by atoms with Gasteiger partial charge in [-0.15, -0.1) is 10.2 Å². The zero-order chi connectivity index (χ0) is 20.6. The third kappa shape index (κ3) is 7.66. The number of anilines is 2. The van der Waals surface area contributed by atoms with Crippen molar-refractivity contribution in [2.24, 2.45) is 0 Å². The number of pyridine rings is 2. The molecule has 0 spiro atoms. The lowest BCUT2D eigenvalue weighted by Crippen LogP contribution is -2.14. The Hall–Kier alpha value is -1.54. The lowest BCUT2D eigenvalue weighted by atomic mass is 10.4. The molecule has 2 N–H and O–H groups in total. The van der Waals surface area contributed by atoms with Gasteiger partial charge in [-0.05, 0) is 56.1 Å². The summed E-state index contributed by atoms with van der Waals surface area (Å²) in [4.78, 5) is 32.2. The van der Waals surface area contributed by atoms with Crippen LogP contribution in [0.15, 0.2) is 54.3 Å². The summed E-state index contributed by atoms with van der Waals surface area (Å²) in [6.45, 7) is 0. The largest absolute Gasteiger partial charge is 0.310 e. The predicted molar refractivity (Wildman–Crippen MR) is 122 cm³/mol. The van der Waals surface area contributed by atoms with Crippen molar-refractivity contribution in [1.82, 2.24) is 20.2 Å². The highest BCUT2D eigenvalue weighted by Crippen LogP contribution is 2.28. The SMILES string of the molecule is O=C(CSc1nnc(SCC(=O)Nc2ccc(Br)cn2)s1)Nc1ccc(Br)cn1. The van der Waals surface area contributed by atoms with Crippen molar-refractivity contribution in [3.8, 4) is 0 Å². The first-order valence-corrected chi connectivity index (χ1v) is 12.3. The van der Waals surface area contributed by atoms with E-state index in [1.165, 1.54) is 34.9 Å². The second kappa shape index (κ2) is 11.0. The fourth-order valence-corrected chi connectivity index (χ4v) is 4.91. The average Bonchev–Trinajstić information content (AvgIpc) is 3.16. The van der Waals surface area contributed by atoms with Crippen molar-refractivity contribution >= 4 is 90.2 Å². The Balaban J connectivity index is 1.40. The van der Waals surface area contributed by atoms with Gasteiger partial charge in [0.25, 0.3) is 0 Å². The van der Waals surface area contributed by atoms with Gasteiger partial charge in [-0.2, -0.15) is 0 Å². The zero-order valence-electron chi connectivity index (χ0n) is 14.5. The Morgan fingerprint density at radius 1 is 0.828 bits per heavy atom. The summed E-state index contributed by atoms with van der Waals surface area (Å²) in [6, 6.07) is 7.02. The van der Waals surface area contributed by atoms with Crippen LogP contribution in [0.4, 0.5) is 11.6 Å². The maximum atomic E-state index is 12.0. The van der Waals surface area contributed by atoms with E-state index in [1.54, 1.807) is 36.7 Å². The first kappa shape index (κ1) is 22.2.